The lowest BCUT2D eigenvalue weighted by atomic mass is 10.0. The molecule has 0 aromatic carbocycles. The van der Waals surface area contributed by atoms with Crippen molar-refractivity contribution in [1.29, 1.82) is 0 Å². The van der Waals surface area contributed by atoms with E-state index >= 15 is 0 Å². The van der Waals surface area contributed by atoms with Crippen LogP contribution in [0.25, 0.3) is 0 Å². The zero-order valence-corrected chi connectivity index (χ0v) is 13.2. The Hall–Kier alpha value is -0.880. The van der Waals surface area contributed by atoms with Gasteiger partial charge >= 0.3 is 0 Å². The van der Waals surface area contributed by atoms with Crippen molar-refractivity contribution in [2.24, 2.45) is 5.92 Å². The van der Waals surface area contributed by atoms with E-state index in [0.29, 0.717) is 18.8 Å². The average Bonchev–Trinajstić information content (AvgIpc) is 2.66. The molecular formula is C12H17BrN2O2S. The number of nitrogens with zero attached hydrogens (tertiary/aromatic N) is 1. The highest BCUT2D eigenvalue weighted by molar-refractivity contribution is 9.10. The summed E-state index contributed by atoms with van der Waals surface area (Å²) in [7, 11) is 1.57. The van der Waals surface area contributed by atoms with E-state index < -0.39 is 0 Å². The summed E-state index contributed by atoms with van der Waals surface area (Å²) >= 11 is 4.71. The molecule has 1 aromatic heterocycles. The lowest BCUT2D eigenvalue weighted by molar-refractivity contribution is -0.124. The van der Waals surface area contributed by atoms with E-state index in [4.69, 9.17) is 4.74 Å². The number of carbonyl (C=O) groups excluding carboxylic acids is 1. The molecule has 0 spiro atoms. The van der Waals surface area contributed by atoms with Crippen molar-refractivity contribution < 1.29 is 9.53 Å². The van der Waals surface area contributed by atoms with Crippen LogP contribution in [-0.2, 0) is 11.3 Å². The zero-order chi connectivity index (χ0) is 13.7. The molecule has 0 radical (unpaired) electrons. The number of nitrogens with one attached hydrogen (secondary N) is 1. The first-order chi connectivity index (χ1) is 8.45. The maximum Gasteiger partial charge on any atom is 0.239 e. The van der Waals surface area contributed by atoms with Gasteiger partial charge in [0.25, 0.3) is 0 Å². The van der Waals surface area contributed by atoms with E-state index in [0.717, 1.165) is 14.9 Å². The van der Waals surface area contributed by atoms with Crippen molar-refractivity contribution >= 4 is 33.4 Å². The van der Waals surface area contributed by atoms with E-state index in [9.17, 15) is 4.79 Å². The third kappa shape index (κ3) is 4.10. The Bertz CT molecular complexity index is 445. The first-order valence-electron chi connectivity index (χ1n) is 5.55. The molecule has 4 nitrogen and oxygen atoms in total. The van der Waals surface area contributed by atoms with Crippen LogP contribution in [0.1, 0.15) is 25.1 Å². The van der Waals surface area contributed by atoms with Crippen molar-refractivity contribution in [2.45, 2.75) is 26.8 Å². The quantitative estimate of drug-likeness (QED) is 0.814. The first-order valence-corrected chi connectivity index (χ1v) is 7.12. The SMILES string of the molecule is C=C(C)CC(C)C(=O)NCc1snc(OC)c1Br. The van der Waals surface area contributed by atoms with Crippen molar-refractivity contribution in [3.63, 3.8) is 0 Å². The predicted octanol–water partition coefficient (Wildman–Crippen LogP) is 3.13. The summed E-state index contributed by atoms with van der Waals surface area (Å²) in [5.41, 5.74) is 1.01. The van der Waals surface area contributed by atoms with Crippen LogP contribution in [0.2, 0.25) is 0 Å². The summed E-state index contributed by atoms with van der Waals surface area (Å²) < 4.78 is 9.98. The number of hydrogen-bond acceptors (Lipinski definition) is 4. The fourth-order valence-electron chi connectivity index (χ4n) is 1.49. The van der Waals surface area contributed by atoms with E-state index in [2.05, 4.69) is 32.2 Å². The molecule has 100 valence electrons. The van der Waals surface area contributed by atoms with Crippen molar-refractivity contribution in [1.82, 2.24) is 9.69 Å². The Kier molecular flexibility index (Phi) is 5.81. The fraction of sp³-hybridized carbons (Fsp3) is 0.500. The predicted molar refractivity (Wildman–Crippen MR) is 76.8 cm³/mol. The van der Waals surface area contributed by atoms with Gasteiger partial charge in [-0.3, -0.25) is 4.79 Å². The molecule has 1 N–H and O–H groups in total. The molecule has 1 rings (SSSR count). The molecule has 18 heavy (non-hydrogen) atoms. The van der Waals surface area contributed by atoms with Gasteiger partial charge in [0.2, 0.25) is 11.8 Å². The van der Waals surface area contributed by atoms with Gasteiger partial charge in [-0.1, -0.05) is 12.5 Å². The van der Waals surface area contributed by atoms with Crippen LogP contribution in [0.4, 0.5) is 0 Å². The number of amides is 1. The molecule has 6 heteroatoms. The summed E-state index contributed by atoms with van der Waals surface area (Å²) in [5, 5.41) is 2.89. The first kappa shape index (κ1) is 15.2. The lowest BCUT2D eigenvalue weighted by Crippen LogP contribution is -2.28. The number of hydrogen-bond donors (Lipinski definition) is 1. The van der Waals surface area contributed by atoms with E-state index in [1.807, 2.05) is 13.8 Å². The van der Waals surface area contributed by atoms with Crippen molar-refractivity contribution in [3.8, 4) is 5.88 Å². The van der Waals surface area contributed by atoms with Crippen LogP contribution in [0.5, 0.6) is 5.88 Å². The Labute approximate surface area is 120 Å². The highest BCUT2D eigenvalue weighted by atomic mass is 79.9. The molecule has 1 unspecified atom stereocenters. The largest absolute Gasteiger partial charge is 0.480 e. The highest BCUT2D eigenvalue weighted by Gasteiger charge is 2.15. The van der Waals surface area contributed by atoms with E-state index in [-0.39, 0.29) is 11.8 Å². The Balaban J connectivity index is 2.52. The molecule has 1 aromatic rings. The summed E-state index contributed by atoms with van der Waals surface area (Å²) in [5.74, 6) is 0.521. The Morgan fingerprint density at radius 2 is 2.33 bits per heavy atom. The molecule has 1 atom stereocenters. The van der Waals surface area contributed by atoms with Gasteiger partial charge in [0.1, 0.15) is 0 Å². The van der Waals surface area contributed by atoms with Gasteiger partial charge in [-0.05, 0) is 40.8 Å². The highest BCUT2D eigenvalue weighted by Crippen LogP contribution is 2.30. The normalized spacial score (nSPS) is 12.0. The number of allylic oxidation sites excluding steroid dienone is 1. The molecule has 0 aliphatic rings. The maximum atomic E-state index is 11.8. The average molecular weight is 333 g/mol. The minimum absolute atomic E-state index is 0.0252. The third-order valence-corrected chi connectivity index (χ3v) is 4.30. The number of aromatic nitrogens is 1. The van der Waals surface area contributed by atoms with Gasteiger partial charge in [0, 0.05) is 5.92 Å². The fourth-order valence-corrected chi connectivity index (χ4v) is 2.88. The number of halogens is 1. The standard InChI is InChI=1S/C12H17BrN2O2S/c1-7(2)5-8(3)11(16)14-6-9-10(13)12(17-4)15-18-9/h8H,1,5-6H2,2-4H3,(H,14,16). The van der Waals surface area contributed by atoms with Crippen LogP contribution in [0, 0.1) is 5.92 Å². The monoisotopic (exact) mass is 332 g/mol. The second kappa shape index (κ2) is 6.89. The Morgan fingerprint density at radius 3 is 2.83 bits per heavy atom. The third-order valence-electron chi connectivity index (χ3n) is 2.39. The van der Waals surface area contributed by atoms with Gasteiger partial charge in [-0.2, -0.15) is 4.37 Å². The van der Waals surface area contributed by atoms with Gasteiger partial charge in [-0.15, -0.1) is 6.58 Å². The number of carbonyl (C=O) groups is 1. The van der Waals surface area contributed by atoms with Crippen molar-refractivity contribution in [3.05, 3.63) is 21.5 Å². The van der Waals surface area contributed by atoms with Crippen LogP contribution >= 0.6 is 27.5 Å². The van der Waals surface area contributed by atoms with Crippen LogP contribution in [-0.4, -0.2) is 17.4 Å². The Morgan fingerprint density at radius 1 is 1.67 bits per heavy atom. The second-order valence-corrected chi connectivity index (χ2v) is 5.86. The van der Waals surface area contributed by atoms with Crippen LogP contribution < -0.4 is 10.1 Å². The molecule has 0 fully saturated rings. The number of methoxy groups -OCH3 is 1. The van der Waals surface area contributed by atoms with Gasteiger partial charge in [-0.25, -0.2) is 0 Å². The van der Waals surface area contributed by atoms with Crippen LogP contribution in [0.15, 0.2) is 16.6 Å². The molecule has 1 amide bonds. The summed E-state index contributed by atoms with van der Waals surface area (Å²) in [6.45, 7) is 8.09. The smallest absolute Gasteiger partial charge is 0.239 e. The number of ether oxygens (including phenoxy) is 1. The molecule has 1 heterocycles. The minimum Gasteiger partial charge on any atom is -0.480 e. The molecule has 0 bridgehead atoms. The second-order valence-electron chi connectivity index (χ2n) is 4.21. The van der Waals surface area contributed by atoms with E-state index in [1.54, 1.807) is 7.11 Å². The maximum absolute atomic E-state index is 11.8. The molecule has 0 saturated carbocycles. The summed E-state index contributed by atoms with van der Waals surface area (Å²) in [4.78, 5) is 12.8. The zero-order valence-electron chi connectivity index (χ0n) is 10.7. The van der Waals surface area contributed by atoms with Crippen molar-refractivity contribution in [2.75, 3.05) is 7.11 Å². The molecular weight excluding hydrogens is 316 g/mol. The lowest BCUT2D eigenvalue weighted by Gasteiger charge is -2.11. The molecule has 0 aliphatic heterocycles. The van der Waals surface area contributed by atoms with Gasteiger partial charge < -0.3 is 10.1 Å². The van der Waals surface area contributed by atoms with Crippen LogP contribution in [0.3, 0.4) is 0 Å². The number of rotatable bonds is 6. The molecule has 0 aliphatic carbocycles. The molecule has 0 saturated heterocycles. The summed E-state index contributed by atoms with van der Waals surface area (Å²) in [6, 6.07) is 0. The topological polar surface area (TPSA) is 51.2 Å². The van der Waals surface area contributed by atoms with E-state index in [1.165, 1.54) is 11.5 Å². The van der Waals surface area contributed by atoms with Gasteiger partial charge in [0.15, 0.2) is 0 Å². The minimum atomic E-state index is -0.0592. The summed E-state index contributed by atoms with van der Waals surface area (Å²) in [6.07, 6.45) is 0.707. The van der Waals surface area contributed by atoms with Gasteiger partial charge in [0.05, 0.1) is 23.0 Å².